The van der Waals surface area contributed by atoms with Crippen molar-refractivity contribution >= 4 is 27.7 Å². The van der Waals surface area contributed by atoms with Gasteiger partial charge in [0, 0.05) is 9.37 Å². The number of halogens is 1. The minimum absolute atomic E-state index is 0.639. The van der Waals surface area contributed by atoms with Crippen molar-refractivity contribution in [3.63, 3.8) is 0 Å². The van der Waals surface area contributed by atoms with Gasteiger partial charge in [0.05, 0.1) is 12.3 Å². The SMILES string of the molecule is CCCNCc1nc(CSc2ccccc2Br)no1. The lowest BCUT2D eigenvalue weighted by atomic mass is 10.4. The summed E-state index contributed by atoms with van der Waals surface area (Å²) in [5.74, 6) is 2.09. The van der Waals surface area contributed by atoms with Crippen LogP contribution in [-0.4, -0.2) is 16.7 Å². The van der Waals surface area contributed by atoms with Crippen LogP contribution in [0.25, 0.3) is 0 Å². The van der Waals surface area contributed by atoms with Gasteiger partial charge < -0.3 is 9.84 Å². The second kappa shape index (κ2) is 7.67. The van der Waals surface area contributed by atoms with E-state index in [9.17, 15) is 0 Å². The van der Waals surface area contributed by atoms with E-state index in [0.717, 1.165) is 23.3 Å². The lowest BCUT2D eigenvalue weighted by Crippen LogP contribution is -2.13. The highest BCUT2D eigenvalue weighted by atomic mass is 79.9. The fourth-order valence-corrected chi connectivity index (χ4v) is 2.91. The lowest BCUT2D eigenvalue weighted by molar-refractivity contribution is 0.364. The summed E-state index contributed by atoms with van der Waals surface area (Å²) in [6, 6.07) is 8.11. The monoisotopic (exact) mass is 341 g/mol. The van der Waals surface area contributed by atoms with Crippen LogP contribution in [0.3, 0.4) is 0 Å². The molecule has 0 aliphatic rings. The van der Waals surface area contributed by atoms with Gasteiger partial charge in [-0.2, -0.15) is 4.98 Å². The van der Waals surface area contributed by atoms with Gasteiger partial charge in [-0.05, 0) is 41.0 Å². The van der Waals surface area contributed by atoms with Crippen LogP contribution in [0.15, 0.2) is 38.2 Å². The van der Waals surface area contributed by atoms with Crippen molar-refractivity contribution in [3.05, 3.63) is 40.5 Å². The van der Waals surface area contributed by atoms with E-state index in [1.807, 2.05) is 18.2 Å². The van der Waals surface area contributed by atoms with E-state index in [0.29, 0.717) is 18.2 Å². The molecule has 2 rings (SSSR count). The molecular weight excluding hydrogens is 326 g/mol. The highest BCUT2D eigenvalue weighted by Gasteiger charge is 2.07. The first-order valence-electron chi connectivity index (χ1n) is 6.19. The molecule has 4 nitrogen and oxygen atoms in total. The van der Waals surface area contributed by atoms with Gasteiger partial charge in [0.2, 0.25) is 5.89 Å². The summed E-state index contributed by atoms with van der Waals surface area (Å²) in [5, 5.41) is 7.21. The van der Waals surface area contributed by atoms with Crippen LogP contribution in [-0.2, 0) is 12.3 Å². The molecule has 6 heteroatoms. The fourth-order valence-electron chi connectivity index (χ4n) is 1.50. The molecule has 0 aliphatic heterocycles. The third-order valence-corrected chi connectivity index (χ3v) is 4.43. The number of rotatable bonds is 7. The molecule has 0 aliphatic carbocycles. The molecule has 1 heterocycles. The van der Waals surface area contributed by atoms with E-state index in [-0.39, 0.29) is 0 Å². The van der Waals surface area contributed by atoms with Crippen LogP contribution in [0.4, 0.5) is 0 Å². The molecule has 0 unspecified atom stereocenters. The summed E-state index contributed by atoms with van der Waals surface area (Å²) < 4.78 is 6.27. The minimum Gasteiger partial charge on any atom is -0.338 e. The minimum atomic E-state index is 0.639. The maximum absolute atomic E-state index is 5.18. The Morgan fingerprint density at radius 2 is 2.21 bits per heavy atom. The second-order valence-electron chi connectivity index (χ2n) is 4.00. The summed E-state index contributed by atoms with van der Waals surface area (Å²) >= 11 is 5.21. The van der Waals surface area contributed by atoms with Crippen LogP contribution in [0.5, 0.6) is 0 Å². The quantitative estimate of drug-likeness (QED) is 0.615. The summed E-state index contributed by atoms with van der Waals surface area (Å²) in [6.45, 7) is 3.73. The number of nitrogens with zero attached hydrogens (tertiary/aromatic N) is 2. The van der Waals surface area contributed by atoms with E-state index in [2.05, 4.69) is 44.4 Å². The van der Waals surface area contributed by atoms with Crippen molar-refractivity contribution in [2.45, 2.75) is 30.5 Å². The molecule has 0 atom stereocenters. The topological polar surface area (TPSA) is 51.0 Å². The largest absolute Gasteiger partial charge is 0.338 e. The fraction of sp³-hybridized carbons (Fsp3) is 0.385. The van der Waals surface area contributed by atoms with Crippen molar-refractivity contribution in [2.24, 2.45) is 0 Å². The zero-order valence-corrected chi connectivity index (χ0v) is 13.1. The zero-order valence-electron chi connectivity index (χ0n) is 10.7. The molecule has 0 saturated heterocycles. The van der Waals surface area contributed by atoms with E-state index in [4.69, 9.17) is 4.52 Å². The number of nitrogens with one attached hydrogen (secondary N) is 1. The van der Waals surface area contributed by atoms with E-state index < -0.39 is 0 Å². The van der Waals surface area contributed by atoms with Crippen LogP contribution in [0.1, 0.15) is 25.1 Å². The second-order valence-corrected chi connectivity index (χ2v) is 5.87. The highest BCUT2D eigenvalue weighted by Crippen LogP contribution is 2.28. The number of hydrogen-bond donors (Lipinski definition) is 1. The van der Waals surface area contributed by atoms with Crippen LogP contribution >= 0.6 is 27.7 Å². The number of hydrogen-bond acceptors (Lipinski definition) is 5. The molecule has 0 radical (unpaired) electrons. The van der Waals surface area contributed by atoms with Crippen molar-refractivity contribution in [1.29, 1.82) is 0 Å². The van der Waals surface area contributed by atoms with E-state index in [1.165, 1.54) is 4.90 Å². The summed E-state index contributed by atoms with van der Waals surface area (Å²) in [4.78, 5) is 5.53. The van der Waals surface area contributed by atoms with Gasteiger partial charge in [-0.3, -0.25) is 0 Å². The van der Waals surface area contributed by atoms with Gasteiger partial charge in [-0.15, -0.1) is 11.8 Å². The number of thioether (sulfide) groups is 1. The highest BCUT2D eigenvalue weighted by molar-refractivity contribution is 9.10. The van der Waals surface area contributed by atoms with Crippen LogP contribution in [0.2, 0.25) is 0 Å². The Bertz CT molecular complexity index is 518. The molecule has 19 heavy (non-hydrogen) atoms. The van der Waals surface area contributed by atoms with Gasteiger partial charge in [-0.25, -0.2) is 0 Å². The first-order chi connectivity index (χ1) is 9.29. The molecule has 0 amide bonds. The first-order valence-corrected chi connectivity index (χ1v) is 7.97. The normalized spacial score (nSPS) is 10.8. The molecule has 0 fully saturated rings. The molecule has 0 saturated carbocycles. The Kier molecular flexibility index (Phi) is 5.88. The van der Waals surface area contributed by atoms with Gasteiger partial charge in [0.1, 0.15) is 0 Å². The predicted molar refractivity (Wildman–Crippen MR) is 80.0 cm³/mol. The standard InChI is InChI=1S/C13H16BrN3OS/c1-2-7-15-8-13-16-12(17-18-13)9-19-11-6-4-3-5-10(11)14/h3-6,15H,2,7-9H2,1H3. The van der Waals surface area contributed by atoms with E-state index in [1.54, 1.807) is 11.8 Å². The van der Waals surface area contributed by atoms with Gasteiger partial charge in [-0.1, -0.05) is 24.2 Å². The Labute approximate surface area is 125 Å². The molecule has 0 spiro atoms. The maximum atomic E-state index is 5.18. The molecular formula is C13H16BrN3OS. The Balaban J connectivity index is 1.85. The third-order valence-electron chi connectivity index (χ3n) is 2.41. The average molecular weight is 342 g/mol. The van der Waals surface area contributed by atoms with Gasteiger partial charge in [0.25, 0.3) is 0 Å². The Morgan fingerprint density at radius 1 is 1.37 bits per heavy atom. The van der Waals surface area contributed by atoms with Gasteiger partial charge >= 0.3 is 0 Å². The molecule has 1 aromatic carbocycles. The zero-order chi connectivity index (χ0) is 13.5. The van der Waals surface area contributed by atoms with Crippen molar-refractivity contribution in [3.8, 4) is 0 Å². The molecule has 1 aromatic heterocycles. The number of aromatic nitrogens is 2. The molecule has 2 aromatic rings. The average Bonchev–Trinajstić information content (AvgIpc) is 2.86. The lowest BCUT2D eigenvalue weighted by Gasteiger charge is -2.00. The molecule has 0 bridgehead atoms. The Hall–Kier alpha value is -0.850. The smallest absolute Gasteiger partial charge is 0.240 e. The molecule has 1 N–H and O–H groups in total. The van der Waals surface area contributed by atoms with Crippen molar-refractivity contribution in [1.82, 2.24) is 15.5 Å². The maximum Gasteiger partial charge on any atom is 0.240 e. The molecule has 102 valence electrons. The van der Waals surface area contributed by atoms with Crippen LogP contribution < -0.4 is 5.32 Å². The van der Waals surface area contributed by atoms with Crippen molar-refractivity contribution < 1.29 is 4.52 Å². The summed E-state index contributed by atoms with van der Waals surface area (Å²) in [6.07, 6.45) is 1.10. The summed E-state index contributed by atoms with van der Waals surface area (Å²) in [5.41, 5.74) is 0. The summed E-state index contributed by atoms with van der Waals surface area (Å²) in [7, 11) is 0. The Morgan fingerprint density at radius 3 is 3.00 bits per heavy atom. The first kappa shape index (κ1) is 14.6. The third kappa shape index (κ3) is 4.63. The van der Waals surface area contributed by atoms with Gasteiger partial charge in [0.15, 0.2) is 5.82 Å². The van der Waals surface area contributed by atoms with Crippen LogP contribution in [0, 0.1) is 0 Å². The van der Waals surface area contributed by atoms with Crippen molar-refractivity contribution in [2.75, 3.05) is 6.54 Å². The predicted octanol–water partition coefficient (Wildman–Crippen LogP) is 3.62. The van der Waals surface area contributed by atoms with E-state index >= 15 is 0 Å². The number of benzene rings is 1.